The summed E-state index contributed by atoms with van der Waals surface area (Å²) >= 11 is 5.57. The van der Waals surface area contributed by atoms with Gasteiger partial charge in [0, 0.05) is 11.6 Å². The maximum absolute atomic E-state index is 13.6. The second kappa shape index (κ2) is 5.84. The molecule has 1 heterocycles. The number of hydrogen-bond donors (Lipinski definition) is 0. The highest BCUT2D eigenvalue weighted by molar-refractivity contribution is 6.16. The van der Waals surface area contributed by atoms with Gasteiger partial charge < -0.3 is 9.15 Å². The van der Waals surface area contributed by atoms with E-state index < -0.39 is 11.6 Å². The number of benzene rings is 1. The van der Waals surface area contributed by atoms with E-state index in [2.05, 4.69) is 9.72 Å². The monoisotopic (exact) mass is 285 g/mol. The van der Waals surface area contributed by atoms with E-state index in [0.717, 1.165) is 0 Å². The average molecular weight is 286 g/mol. The van der Waals surface area contributed by atoms with Crippen LogP contribution in [0.15, 0.2) is 22.8 Å². The van der Waals surface area contributed by atoms with Gasteiger partial charge >= 0.3 is 0 Å². The van der Waals surface area contributed by atoms with Gasteiger partial charge in [-0.1, -0.05) is 0 Å². The van der Waals surface area contributed by atoms with Crippen LogP contribution in [0.1, 0.15) is 17.1 Å². The Hall–Kier alpha value is -1.88. The smallest absolute Gasteiger partial charge is 0.218 e. The number of methoxy groups -OCH3 is 1. The van der Waals surface area contributed by atoms with Crippen molar-refractivity contribution in [3.8, 4) is 5.75 Å². The summed E-state index contributed by atoms with van der Waals surface area (Å²) in [5.74, 6) is -1.66. The molecule has 0 atom stereocenters. The number of aromatic nitrogens is 1. The highest BCUT2D eigenvalue weighted by Gasteiger charge is 2.12. The van der Waals surface area contributed by atoms with Crippen LogP contribution in [-0.2, 0) is 5.88 Å². The molecular formula is C13H10ClF2NO2. The van der Waals surface area contributed by atoms with E-state index in [0.29, 0.717) is 5.69 Å². The molecule has 0 aliphatic rings. The maximum atomic E-state index is 13.6. The van der Waals surface area contributed by atoms with Gasteiger partial charge in [-0.15, -0.1) is 11.6 Å². The Labute approximate surface area is 113 Å². The number of rotatable bonds is 4. The van der Waals surface area contributed by atoms with Crippen LogP contribution in [0.4, 0.5) is 8.78 Å². The first kappa shape index (κ1) is 13.5. The van der Waals surface area contributed by atoms with E-state index in [-0.39, 0.29) is 23.1 Å². The molecule has 0 bridgehead atoms. The minimum absolute atomic E-state index is 0.0731. The molecule has 0 spiro atoms. The minimum atomic E-state index is -1.03. The number of hydrogen-bond acceptors (Lipinski definition) is 3. The lowest BCUT2D eigenvalue weighted by Crippen LogP contribution is -1.94. The fraction of sp³-hybridized carbons (Fsp3) is 0.154. The van der Waals surface area contributed by atoms with Crippen molar-refractivity contribution in [1.29, 1.82) is 0 Å². The zero-order valence-electron chi connectivity index (χ0n) is 9.99. The average Bonchev–Trinajstić information content (AvgIpc) is 2.88. The molecule has 2 aromatic rings. The van der Waals surface area contributed by atoms with Crippen molar-refractivity contribution in [1.82, 2.24) is 4.98 Å². The molecule has 0 N–H and O–H groups in total. The molecule has 19 heavy (non-hydrogen) atoms. The lowest BCUT2D eigenvalue weighted by molar-refractivity contribution is 0.371. The lowest BCUT2D eigenvalue weighted by Gasteiger charge is -2.04. The molecule has 100 valence electrons. The van der Waals surface area contributed by atoms with Gasteiger partial charge in [0.25, 0.3) is 0 Å². The predicted octanol–water partition coefficient (Wildman–Crippen LogP) is 3.87. The molecule has 1 aromatic carbocycles. The lowest BCUT2D eigenvalue weighted by atomic mass is 10.2. The first-order chi connectivity index (χ1) is 9.15. The minimum Gasteiger partial charge on any atom is -0.494 e. The second-order valence-corrected chi connectivity index (χ2v) is 3.90. The van der Waals surface area contributed by atoms with Gasteiger partial charge in [0.2, 0.25) is 11.7 Å². The fourth-order valence-corrected chi connectivity index (χ4v) is 1.58. The Morgan fingerprint density at radius 3 is 2.74 bits per heavy atom. The Morgan fingerprint density at radius 2 is 2.11 bits per heavy atom. The van der Waals surface area contributed by atoms with Crippen LogP contribution in [0.3, 0.4) is 0 Å². The van der Waals surface area contributed by atoms with Crippen molar-refractivity contribution < 1.29 is 17.9 Å². The molecule has 0 amide bonds. The molecule has 6 heteroatoms. The Kier molecular flexibility index (Phi) is 4.16. The zero-order chi connectivity index (χ0) is 13.8. The molecule has 0 radical (unpaired) electrons. The van der Waals surface area contributed by atoms with Crippen LogP contribution in [0, 0.1) is 11.6 Å². The van der Waals surface area contributed by atoms with Gasteiger partial charge in [0.1, 0.15) is 6.26 Å². The molecule has 0 saturated heterocycles. The quantitative estimate of drug-likeness (QED) is 0.800. The highest BCUT2D eigenvalue weighted by Crippen LogP contribution is 2.23. The summed E-state index contributed by atoms with van der Waals surface area (Å²) in [6.45, 7) is 0. The number of halogens is 3. The maximum Gasteiger partial charge on any atom is 0.218 e. The van der Waals surface area contributed by atoms with Crippen molar-refractivity contribution >= 4 is 23.8 Å². The van der Waals surface area contributed by atoms with E-state index >= 15 is 0 Å². The molecule has 0 saturated carbocycles. The number of ether oxygens (including phenoxy) is 1. The Bertz CT molecular complexity index is 611. The van der Waals surface area contributed by atoms with Crippen LogP contribution < -0.4 is 4.74 Å². The molecule has 0 aliphatic heterocycles. The van der Waals surface area contributed by atoms with E-state index in [1.165, 1.54) is 37.7 Å². The zero-order valence-corrected chi connectivity index (χ0v) is 10.7. The van der Waals surface area contributed by atoms with Crippen molar-refractivity contribution in [3.05, 3.63) is 47.2 Å². The highest BCUT2D eigenvalue weighted by atomic mass is 35.5. The molecule has 0 fully saturated rings. The molecule has 3 nitrogen and oxygen atoms in total. The van der Waals surface area contributed by atoms with Gasteiger partial charge in [-0.05, 0) is 18.2 Å². The number of nitrogens with zero attached hydrogens (tertiary/aromatic N) is 1. The van der Waals surface area contributed by atoms with Gasteiger partial charge in [-0.2, -0.15) is 4.39 Å². The third-order valence-corrected chi connectivity index (χ3v) is 2.68. The van der Waals surface area contributed by atoms with Crippen LogP contribution >= 0.6 is 11.6 Å². The Morgan fingerprint density at radius 1 is 1.32 bits per heavy atom. The Balaban J connectivity index is 2.26. The summed E-state index contributed by atoms with van der Waals surface area (Å²) in [5.41, 5.74) is 0.645. The summed E-state index contributed by atoms with van der Waals surface area (Å²) in [6, 6.07) is 2.75. The standard InChI is InChI=1S/C13H10ClF2NO2/c1-18-10-4-2-8(12(15)13(10)16)3-5-11-17-9(6-14)7-19-11/h2-5,7H,6H2,1H3. The second-order valence-electron chi connectivity index (χ2n) is 3.63. The van der Waals surface area contributed by atoms with Crippen LogP contribution in [0.2, 0.25) is 0 Å². The molecule has 1 aromatic heterocycles. The third kappa shape index (κ3) is 2.93. The van der Waals surface area contributed by atoms with Gasteiger partial charge in [0.05, 0.1) is 18.7 Å². The summed E-state index contributed by atoms with van der Waals surface area (Å²) in [6.07, 6.45) is 4.19. The summed E-state index contributed by atoms with van der Waals surface area (Å²) in [5, 5.41) is 0. The van der Waals surface area contributed by atoms with E-state index in [9.17, 15) is 8.78 Å². The topological polar surface area (TPSA) is 35.3 Å². The summed E-state index contributed by atoms with van der Waals surface area (Å²) in [4.78, 5) is 4.00. The molecular weight excluding hydrogens is 276 g/mol. The predicted molar refractivity (Wildman–Crippen MR) is 67.9 cm³/mol. The van der Waals surface area contributed by atoms with Crippen LogP contribution in [-0.4, -0.2) is 12.1 Å². The van der Waals surface area contributed by atoms with Crippen molar-refractivity contribution in [2.24, 2.45) is 0 Å². The largest absolute Gasteiger partial charge is 0.494 e. The molecule has 0 aliphatic carbocycles. The van der Waals surface area contributed by atoms with E-state index in [1.54, 1.807) is 0 Å². The normalized spacial score (nSPS) is 11.2. The van der Waals surface area contributed by atoms with E-state index in [4.69, 9.17) is 16.0 Å². The van der Waals surface area contributed by atoms with Crippen LogP contribution in [0.25, 0.3) is 12.2 Å². The van der Waals surface area contributed by atoms with Crippen molar-refractivity contribution in [3.63, 3.8) is 0 Å². The van der Waals surface area contributed by atoms with Gasteiger partial charge in [0.15, 0.2) is 11.6 Å². The first-order valence-electron chi connectivity index (χ1n) is 5.36. The molecule has 0 unspecified atom stereocenters. The van der Waals surface area contributed by atoms with Gasteiger partial charge in [-0.3, -0.25) is 0 Å². The van der Waals surface area contributed by atoms with E-state index in [1.807, 2.05) is 0 Å². The van der Waals surface area contributed by atoms with Crippen LogP contribution in [0.5, 0.6) is 5.75 Å². The van der Waals surface area contributed by atoms with Crippen molar-refractivity contribution in [2.75, 3.05) is 7.11 Å². The third-order valence-electron chi connectivity index (χ3n) is 2.41. The fourth-order valence-electron chi connectivity index (χ4n) is 1.45. The summed E-state index contributed by atoms with van der Waals surface area (Å²) in [7, 11) is 1.27. The summed E-state index contributed by atoms with van der Waals surface area (Å²) < 4.78 is 36.8. The number of oxazole rings is 1. The SMILES string of the molecule is COc1ccc(C=Cc2nc(CCl)co2)c(F)c1F. The van der Waals surface area contributed by atoms with Crippen molar-refractivity contribution in [2.45, 2.75) is 5.88 Å². The number of alkyl halides is 1. The molecule has 2 rings (SSSR count). The first-order valence-corrected chi connectivity index (χ1v) is 5.89. The van der Waals surface area contributed by atoms with Gasteiger partial charge in [-0.25, -0.2) is 9.37 Å².